The number of piperazine rings is 1. The molecule has 0 saturated carbocycles. The Morgan fingerprint density at radius 2 is 1.61 bits per heavy atom. The highest BCUT2D eigenvalue weighted by molar-refractivity contribution is 6.29. The van der Waals surface area contributed by atoms with E-state index < -0.39 is 0 Å². The molecule has 0 radical (unpaired) electrons. The third-order valence-corrected chi connectivity index (χ3v) is 4.10. The van der Waals surface area contributed by atoms with Gasteiger partial charge in [-0.15, -0.1) is 0 Å². The van der Waals surface area contributed by atoms with Crippen LogP contribution in [0.1, 0.15) is 0 Å². The number of halogens is 1. The number of aromatic hydroxyl groups is 1. The van der Waals surface area contributed by atoms with Gasteiger partial charge in [-0.3, -0.25) is 0 Å². The van der Waals surface area contributed by atoms with Gasteiger partial charge in [-0.1, -0.05) is 11.6 Å². The minimum atomic E-state index is 0.288. The van der Waals surface area contributed by atoms with Gasteiger partial charge in [-0.05, 0) is 24.3 Å². The van der Waals surface area contributed by atoms with Crippen LogP contribution in [0.25, 0.3) is 0 Å². The molecule has 23 heavy (non-hydrogen) atoms. The van der Waals surface area contributed by atoms with Gasteiger partial charge in [0.05, 0.1) is 0 Å². The molecule has 0 bridgehead atoms. The molecule has 7 heteroatoms. The molecule has 1 aromatic heterocycles. The lowest BCUT2D eigenvalue weighted by Gasteiger charge is -2.36. The third kappa shape index (κ3) is 3.59. The van der Waals surface area contributed by atoms with Gasteiger partial charge in [0.25, 0.3) is 0 Å². The molecule has 1 aliphatic rings. The second kappa shape index (κ2) is 6.50. The van der Waals surface area contributed by atoms with Crippen LogP contribution in [-0.4, -0.2) is 55.3 Å². The van der Waals surface area contributed by atoms with Gasteiger partial charge in [0.15, 0.2) is 0 Å². The lowest BCUT2D eigenvalue weighted by atomic mass is 10.2. The van der Waals surface area contributed by atoms with E-state index in [1.165, 1.54) is 0 Å². The van der Waals surface area contributed by atoms with Crippen molar-refractivity contribution in [2.75, 3.05) is 55.0 Å². The average Bonchev–Trinajstić information content (AvgIpc) is 2.55. The van der Waals surface area contributed by atoms with E-state index in [0.29, 0.717) is 11.1 Å². The van der Waals surface area contributed by atoms with Gasteiger partial charge in [0.2, 0.25) is 5.95 Å². The Balaban J connectivity index is 1.70. The number of benzene rings is 1. The van der Waals surface area contributed by atoms with Gasteiger partial charge in [0.1, 0.15) is 16.7 Å². The van der Waals surface area contributed by atoms with E-state index >= 15 is 0 Å². The Bertz CT molecular complexity index is 669. The van der Waals surface area contributed by atoms with Crippen LogP contribution < -0.4 is 14.7 Å². The zero-order valence-corrected chi connectivity index (χ0v) is 14.0. The molecule has 3 rings (SSSR count). The molecular weight excluding hydrogens is 314 g/mol. The van der Waals surface area contributed by atoms with Crippen molar-refractivity contribution in [2.24, 2.45) is 0 Å². The topological polar surface area (TPSA) is 55.7 Å². The summed E-state index contributed by atoms with van der Waals surface area (Å²) in [7, 11) is 3.87. The van der Waals surface area contributed by atoms with Crippen molar-refractivity contribution in [3.63, 3.8) is 0 Å². The van der Waals surface area contributed by atoms with Crippen molar-refractivity contribution >= 4 is 29.1 Å². The number of phenolic OH excluding ortho intramolecular Hbond substituents is 1. The molecule has 0 aliphatic carbocycles. The molecule has 1 saturated heterocycles. The summed E-state index contributed by atoms with van der Waals surface area (Å²) in [5, 5.41) is 9.84. The molecule has 1 fully saturated rings. The minimum absolute atomic E-state index is 0.288. The van der Waals surface area contributed by atoms with Crippen molar-refractivity contribution < 1.29 is 5.11 Å². The molecule has 122 valence electrons. The van der Waals surface area contributed by atoms with E-state index in [1.807, 2.05) is 31.1 Å². The fourth-order valence-corrected chi connectivity index (χ4v) is 2.77. The van der Waals surface area contributed by atoms with Gasteiger partial charge in [-0.2, -0.15) is 4.98 Å². The molecule has 0 unspecified atom stereocenters. The van der Waals surface area contributed by atoms with E-state index in [9.17, 15) is 5.11 Å². The molecule has 0 amide bonds. The summed E-state index contributed by atoms with van der Waals surface area (Å²) in [6, 6.07) is 9.06. The summed E-state index contributed by atoms with van der Waals surface area (Å²) >= 11 is 6.11. The van der Waals surface area contributed by atoms with Crippen LogP contribution >= 0.6 is 11.6 Å². The molecule has 1 aliphatic heterocycles. The lowest BCUT2D eigenvalue weighted by molar-refractivity contribution is 0.475. The second-order valence-electron chi connectivity index (χ2n) is 5.73. The van der Waals surface area contributed by atoms with Crippen molar-refractivity contribution in [1.82, 2.24) is 9.97 Å². The third-order valence-electron chi connectivity index (χ3n) is 3.91. The molecule has 2 heterocycles. The summed E-state index contributed by atoms with van der Waals surface area (Å²) in [5.41, 5.74) is 1.11. The highest BCUT2D eigenvalue weighted by Gasteiger charge is 2.20. The van der Waals surface area contributed by atoms with Crippen LogP contribution in [-0.2, 0) is 0 Å². The van der Waals surface area contributed by atoms with Crippen LogP contribution in [0.2, 0.25) is 5.15 Å². The number of hydrogen-bond acceptors (Lipinski definition) is 6. The zero-order chi connectivity index (χ0) is 16.4. The molecular formula is C16H20ClN5O. The number of hydrogen-bond donors (Lipinski definition) is 1. The second-order valence-corrected chi connectivity index (χ2v) is 6.12. The largest absolute Gasteiger partial charge is 0.508 e. The summed E-state index contributed by atoms with van der Waals surface area (Å²) in [6.45, 7) is 3.40. The first kappa shape index (κ1) is 15.7. The van der Waals surface area contributed by atoms with Gasteiger partial charge in [-0.25, -0.2) is 4.98 Å². The van der Waals surface area contributed by atoms with E-state index in [4.69, 9.17) is 11.6 Å². The van der Waals surface area contributed by atoms with E-state index in [0.717, 1.165) is 37.7 Å². The normalized spacial score (nSPS) is 14.9. The van der Waals surface area contributed by atoms with Gasteiger partial charge in [0, 0.05) is 52.0 Å². The Labute approximate surface area is 140 Å². The monoisotopic (exact) mass is 333 g/mol. The number of aromatic nitrogens is 2. The molecule has 6 nitrogen and oxygen atoms in total. The van der Waals surface area contributed by atoms with Crippen molar-refractivity contribution in [3.8, 4) is 5.75 Å². The molecule has 1 N–H and O–H groups in total. The quantitative estimate of drug-likeness (QED) is 0.869. The number of nitrogens with zero attached hydrogens (tertiary/aromatic N) is 5. The standard InChI is InChI=1S/C16H20ClN5O/c1-20(2)15-11-14(17)18-16(19-15)22-9-7-21(8-10-22)12-3-5-13(23)6-4-12/h3-6,11,23H,7-10H2,1-2H3. The van der Waals surface area contributed by atoms with Crippen LogP contribution in [0.5, 0.6) is 5.75 Å². The Kier molecular flexibility index (Phi) is 4.43. The molecule has 2 aromatic rings. The first-order chi connectivity index (χ1) is 11.0. The molecule has 1 aromatic carbocycles. The minimum Gasteiger partial charge on any atom is -0.508 e. The number of phenols is 1. The first-order valence-electron chi connectivity index (χ1n) is 7.54. The fourth-order valence-electron chi connectivity index (χ4n) is 2.59. The Morgan fingerprint density at radius 1 is 1.00 bits per heavy atom. The maximum Gasteiger partial charge on any atom is 0.228 e. The lowest BCUT2D eigenvalue weighted by Crippen LogP contribution is -2.47. The van der Waals surface area contributed by atoms with Crippen LogP contribution in [0, 0.1) is 0 Å². The Morgan fingerprint density at radius 3 is 2.22 bits per heavy atom. The zero-order valence-electron chi connectivity index (χ0n) is 13.3. The van der Waals surface area contributed by atoms with Crippen molar-refractivity contribution in [1.29, 1.82) is 0 Å². The summed E-state index contributed by atoms with van der Waals surface area (Å²) < 4.78 is 0. The fraction of sp³-hybridized carbons (Fsp3) is 0.375. The van der Waals surface area contributed by atoms with E-state index in [-0.39, 0.29) is 5.75 Å². The van der Waals surface area contributed by atoms with Crippen LogP contribution in [0.3, 0.4) is 0 Å². The summed E-state index contributed by atoms with van der Waals surface area (Å²) in [4.78, 5) is 15.3. The van der Waals surface area contributed by atoms with E-state index in [2.05, 4.69) is 19.8 Å². The van der Waals surface area contributed by atoms with Crippen molar-refractivity contribution in [3.05, 3.63) is 35.5 Å². The Hall–Kier alpha value is -2.21. The number of anilines is 3. The van der Waals surface area contributed by atoms with Gasteiger partial charge >= 0.3 is 0 Å². The maximum atomic E-state index is 9.38. The van der Waals surface area contributed by atoms with Crippen LogP contribution in [0.4, 0.5) is 17.5 Å². The molecule has 0 atom stereocenters. The number of rotatable bonds is 3. The van der Waals surface area contributed by atoms with Crippen molar-refractivity contribution in [2.45, 2.75) is 0 Å². The summed E-state index contributed by atoms with van der Waals surface area (Å²) in [5.74, 6) is 1.77. The highest BCUT2D eigenvalue weighted by Crippen LogP contribution is 2.23. The first-order valence-corrected chi connectivity index (χ1v) is 7.91. The summed E-state index contributed by atoms with van der Waals surface area (Å²) in [6.07, 6.45) is 0. The van der Waals surface area contributed by atoms with Gasteiger partial charge < -0.3 is 19.8 Å². The predicted molar refractivity (Wildman–Crippen MR) is 93.9 cm³/mol. The maximum absolute atomic E-state index is 9.38. The highest BCUT2D eigenvalue weighted by atomic mass is 35.5. The molecule has 0 spiro atoms. The SMILES string of the molecule is CN(C)c1cc(Cl)nc(N2CCN(c3ccc(O)cc3)CC2)n1. The van der Waals surface area contributed by atoms with Crippen LogP contribution in [0.15, 0.2) is 30.3 Å². The van der Waals surface area contributed by atoms with E-state index in [1.54, 1.807) is 18.2 Å². The smallest absolute Gasteiger partial charge is 0.228 e. The average molecular weight is 334 g/mol. The predicted octanol–water partition coefficient (Wildman–Crippen LogP) is 2.23.